The van der Waals surface area contributed by atoms with Gasteiger partial charge in [-0.3, -0.25) is 14.5 Å². The number of carbonyl (C=O) groups excluding carboxylic acids is 3. The third-order valence-corrected chi connectivity index (χ3v) is 7.15. The van der Waals surface area contributed by atoms with Gasteiger partial charge in [0, 0.05) is 12.5 Å². The average Bonchev–Trinajstić information content (AvgIpc) is 2.70. The molecule has 2 heterocycles. The van der Waals surface area contributed by atoms with Crippen LogP contribution in [0.25, 0.3) is 0 Å². The van der Waals surface area contributed by atoms with E-state index in [1.807, 2.05) is 0 Å². The molecule has 1 aromatic carbocycles. The van der Waals surface area contributed by atoms with Crippen LogP contribution in [0.4, 0.5) is 0 Å². The second-order valence-electron chi connectivity index (χ2n) is 7.23. The maximum Gasteiger partial charge on any atom is 0.355 e. The van der Waals surface area contributed by atoms with Crippen LogP contribution in [0.1, 0.15) is 36.2 Å². The van der Waals surface area contributed by atoms with Crippen molar-refractivity contribution in [3.8, 4) is 0 Å². The molecule has 166 valence electrons. The zero-order valence-electron chi connectivity index (χ0n) is 16.9. The van der Waals surface area contributed by atoms with Gasteiger partial charge in [0.1, 0.15) is 18.9 Å². The number of sulfone groups is 1. The van der Waals surface area contributed by atoms with Gasteiger partial charge in [-0.2, -0.15) is 0 Å². The SMILES string of the molecule is CC[C@H]1C(=O)N2C(C(=O)OCc3ccc(C(=O)O)cc3)=C(COC(C)=O)CS(=O)(=O)[C@H]12. The van der Waals surface area contributed by atoms with Crippen molar-refractivity contribution >= 4 is 33.7 Å². The molecule has 1 amide bonds. The molecule has 0 bridgehead atoms. The van der Waals surface area contributed by atoms with Crippen molar-refractivity contribution < 1.29 is 42.2 Å². The highest BCUT2D eigenvalue weighted by Crippen LogP contribution is 2.42. The summed E-state index contributed by atoms with van der Waals surface area (Å²) >= 11 is 0. The number of carboxylic acid groups (broad SMARTS) is 1. The monoisotopic (exact) mass is 451 g/mol. The molecule has 1 N–H and O–H groups in total. The van der Waals surface area contributed by atoms with Gasteiger partial charge in [-0.15, -0.1) is 0 Å². The number of carbonyl (C=O) groups is 4. The molecule has 0 radical (unpaired) electrons. The fraction of sp³-hybridized carbons (Fsp3) is 0.400. The Morgan fingerprint density at radius 2 is 1.77 bits per heavy atom. The van der Waals surface area contributed by atoms with Gasteiger partial charge in [0.2, 0.25) is 5.91 Å². The molecule has 2 aliphatic heterocycles. The Kier molecular flexibility index (Phi) is 6.16. The Morgan fingerprint density at radius 3 is 2.32 bits per heavy atom. The Bertz CT molecular complexity index is 1070. The van der Waals surface area contributed by atoms with Crippen molar-refractivity contribution in [1.29, 1.82) is 0 Å². The van der Waals surface area contributed by atoms with Gasteiger partial charge in [-0.1, -0.05) is 19.1 Å². The van der Waals surface area contributed by atoms with E-state index in [9.17, 15) is 27.6 Å². The summed E-state index contributed by atoms with van der Waals surface area (Å²) < 4.78 is 35.5. The third kappa shape index (κ3) is 4.31. The number of amides is 1. The molecule has 0 saturated carbocycles. The smallest absolute Gasteiger partial charge is 0.355 e. The minimum absolute atomic E-state index is 0.0272. The van der Waals surface area contributed by atoms with Crippen LogP contribution < -0.4 is 0 Å². The Labute approximate surface area is 178 Å². The molecule has 0 spiro atoms. The standard InChI is InChI=1S/C20H21NO9S/c1-3-15-17(23)21-16(14(9-29-11(2)22)10-31(27,28)18(15)21)20(26)30-8-12-4-6-13(7-5-12)19(24)25/h4-7,15,18H,3,8-10H2,1-2H3,(H,24,25)/t15-,18+/m0/s1. The lowest BCUT2D eigenvalue weighted by molar-refractivity contribution is -0.155. The highest BCUT2D eigenvalue weighted by Gasteiger charge is 2.59. The van der Waals surface area contributed by atoms with E-state index in [2.05, 4.69) is 0 Å². The first-order valence-electron chi connectivity index (χ1n) is 9.46. The molecule has 0 unspecified atom stereocenters. The molecule has 1 fully saturated rings. The molecule has 31 heavy (non-hydrogen) atoms. The maximum absolute atomic E-state index is 12.8. The van der Waals surface area contributed by atoms with E-state index in [4.69, 9.17) is 14.6 Å². The van der Waals surface area contributed by atoms with Gasteiger partial charge in [-0.25, -0.2) is 18.0 Å². The largest absolute Gasteiger partial charge is 0.478 e. The third-order valence-electron chi connectivity index (χ3n) is 5.13. The van der Waals surface area contributed by atoms with Crippen LogP contribution in [0.5, 0.6) is 0 Å². The Hall–Kier alpha value is -3.21. The minimum atomic E-state index is -3.77. The quantitative estimate of drug-likeness (QED) is 0.471. The van der Waals surface area contributed by atoms with Crippen LogP contribution in [0.3, 0.4) is 0 Å². The summed E-state index contributed by atoms with van der Waals surface area (Å²) in [4.78, 5) is 48.4. The molecule has 2 atom stereocenters. The second-order valence-corrected chi connectivity index (χ2v) is 9.33. The van der Waals surface area contributed by atoms with E-state index in [0.29, 0.717) is 12.0 Å². The summed E-state index contributed by atoms with van der Waals surface area (Å²) in [5.41, 5.74) is 0.318. The number of hydrogen-bond donors (Lipinski definition) is 1. The number of rotatable bonds is 7. The van der Waals surface area contributed by atoms with Gasteiger partial charge in [0.25, 0.3) is 0 Å². The van der Waals surface area contributed by atoms with Crippen molar-refractivity contribution in [2.45, 2.75) is 32.2 Å². The zero-order valence-corrected chi connectivity index (χ0v) is 17.7. The fourth-order valence-electron chi connectivity index (χ4n) is 3.62. The first-order chi connectivity index (χ1) is 14.6. The lowest BCUT2D eigenvalue weighted by atomic mass is 9.93. The normalized spacial score (nSPS) is 21.7. The van der Waals surface area contributed by atoms with Crippen LogP contribution in [0.2, 0.25) is 0 Å². The Morgan fingerprint density at radius 1 is 1.13 bits per heavy atom. The number of ether oxygens (including phenoxy) is 2. The maximum atomic E-state index is 12.8. The lowest BCUT2D eigenvalue weighted by Gasteiger charge is -2.49. The van der Waals surface area contributed by atoms with E-state index in [-0.39, 0.29) is 23.4 Å². The topological polar surface area (TPSA) is 144 Å². The van der Waals surface area contributed by atoms with Gasteiger partial charge in [-0.05, 0) is 24.1 Å². The van der Waals surface area contributed by atoms with Crippen LogP contribution in [-0.4, -0.2) is 60.0 Å². The average molecular weight is 451 g/mol. The number of β-lactam (4-membered cyclic amide) rings is 1. The van der Waals surface area contributed by atoms with Crippen LogP contribution in [-0.2, 0) is 40.3 Å². The van der Waals surface area contributed by atoms with E-state index < -0.39 is 57.3 Å². The summed E-state index contributed by atoms with van der Waals surface area (Å²) in [5, 5.41) is 7.79. The molecule has 1 aromatic rings. The van der Waals surface area contributed by atoms with Crippen molar-refractivity contribution in [2.24, 2.45) is 5.92 Å². The number of carboxylic acids is 1. The summed E-state index contributed by atoms with van der Waals surface area (Å²) in [6.45, 7) is 2.15. The molecular weight excluding hydrogens is 430 g/mol. The molecule has 1 saturated heterocycles. The van der Waals surface area contributed by atoms with Crippen LogP contribution in [0.15, 0.2) is 35.5 Å². The van der Waals surface area contributed by atoms with Crippen molar-refractivity contribution in [1.82, 2.24) is 4.90 Å². The highest BCUT2D eigenvalue weighted by molar-refractivity contribution is 7.92. The molecular formula is C20H21NO9S. The van der Waals surface area contributed by atoms with E-state index in [1.54, 1.807) is 6.92 Å². The number of hydrogen-bond acceptors (Lipinski definition) is 8. The summed E-state index contributed by atoms with van der Waals surface area (Å²) in [5.74, 6) is -4.46. The van der Waals surface area contributed by atoms with Gasteiger partial charge in [0.15, 0.2) is 15.2 Å². The van der Waals surface area contributed by atoms with Gasteiger partial charge < -0.3 is 14.6 Å². The van der Waals surface area contributed by atoms with Crippen LogP contribution >= 0.6 is 0 Å². The number of aromatic carboxylic acids is 1. The highest BCUT2D eigenvalue weighted by atomic mass is 32.2. The van der Waals surface area contributed by atoms with E-state index in [0.717, 1.165) is 11.8 Å². The zero-order chi connectivity index (χ0) is 22.9. The summed E-state index contributed by atoms with van der Waals surface area (Å²) in [7, 11) is -3.77. The minimum Gasteiger partial charge on any atom is -0.478 e. The number of benzene rings is 1. The number of nitrogens with zero attached hydrogens (tertiary/aromatic N) is 1. The van der Waals surface area contributed by atoms with Crippen molar-refractivity contribution in [3.05, 3.63) is 46.7 Å². The molecule has 2 aliphatic rings. The van der Waals surface area contributed by atoms with Gasteiger partial charge >= 0.3 is 17.9 Å². The molecule has 10 nitrogen and oxygen atoms in total. The molecule has 3 rings (SSSR count). The molecule has 0 aromatic heterocycles. The number of fused-ring (bicyclic) bond motifs is 1. The van der Waals surface area contributed by atoms with Gasteiger partial charge in [0.05, 0.1) is 17.2 Å². The van der Waals surface area contributed by atoms with Crippen molar-refractivity contribution in [2.75, 3.05) is 12.4 Å². The van der Waals surface area contributed by atoms with Crippen molar-refractivity contribution in [3.63, 3.8) is 0 Å². The fourth-order valence-corrected chi connectivity index (χ4v) is 5.83. The van der Waals surface area contributed by atoms with E-state index in [1.165, 1.54) is 24.3 Å². The first-order valence-corrected chi connectivity index (χ1v) is 11.2. The predicted octanol–water partition coefficient (Wildman–Crippen LogP) is 0.868. The molecule has 11 heteroatoms. The summed E-state index contributed by atoms with van der Waals surface area (Å²) in [6.07, 6.45) is 0.302. The second kappa shape index (κ2) is 8.50. The van der Waals surface area contributed by atoms with Crippen LogP contribution in [0, 0.1) is 5.92 Å². The summed E-state index contributed by atoms with van der Waals surface area (Å²) in [6, 6.07) is 5.65. The number of esters is 2. The Balaban J connectivity index is 1.87. The lowest BCUT2D eigenvalue weighted by Crippen LogP contribution is -2.66. The predicted molar refractivity (Wildman–Crippen MR) is 105 cm³/mol. The first kappa shape index (κ1) is 22.5. The van der Waals surface area contributed by atoms with E-state index >= 15 is 0 Å². The molecule has 0 aliphatic carbocycles.